The highest BCUT2D eigenvalue weighted by Crippen LogP contribution is 2.11. The standard InChI is InChI=1S/C8H13NO3/c9-7(8(10)11)5-6-3-1-2-4-12-6/h1-2,6-7H,3-5,9H2,(H,10,11)/t6?,7-/m0/s1. The lowest BCUT2D eigenvalue weighted by atomic mass is 10.1. The molecule has 12 heavy (non-hydrogen) atoms. The van der Waals surface area contributed by atoms with Gasteiger partial charge in [-0.15, -0.1) is 0 Å². The van der Waals surface area contributed by atoms with Crippen molar-refractivity contribution in [3.63, 3.8) is 0 Å². The average Bonchev–Trinajstić information content (AvgIpc) is 2.06. The summed E-state index contributed by atoms with van der Waals surface area (Å²) < 4.78 is 5.27. The maximum Gasteiger partial charge on any atom is 0.320 e. The van der Waals surface area contributed by atoms with Gasteiger partial charge in [0.15, 0.2) is 0 Å². The SMILES string of the molecule is N[C@@H](CC1CC=CCO1)C(=O)O. The largest absolute Gasteiger partial charge is 0.480 e. The lowest BCUT2D eigenvalue weighted by molar-refractivity contribution is -0.139. The lowest BCUT2D eigenvalue weighted by Gasteiger charge is -2.20. The predicted molar refractivity (Wildman–Crippen MR) is 43.7 cm³/mol. The van der Waals surface area contributed by atoms with Crippen LogP contribution in [0.5, 0.6) is 0 Å². The molecule has 0 spiro atoms. The van der Waals surface area contributed by atoms with Crippen LogP contribution in [-0.4, -0.2) is 29.8 Å². The molecule has 0 saturated heterocycles. The monoisotopic (exact) mass is 171 g/mol. The molecule has 0 aromatic heterocycles. The second-order valence-electron chi connectivity index (χ2n) is 2.84. The molecule has 0 aliphatic carbocycles. The third-order valence-electron chi connectivity index (χ3n) is 1.83. The molecule has 4 nitrogen and oxygen atoms in total. The molecule has 4 heteroatoms. The number of hydrogen-bond donors (Lipinski definition) is 2. The van der Waals surface area contributed by atoms with E-state index in [1.54, 1.807) is 0 Å². The third kappa shape index (κ3) is 2.64. The van der Waals surface area contributed by atoms with Crippen LogP contribution in [0.25, 0.3) is 0 Å². The number of carboxylic acids is 1. The molecule has 3 N–H and O–H groups in total. The van der Waals surface area contributed by atoms with Gasteiger partial charge in [0.1, 0.15) is 6.04 Å². The Labute approximate surface area is 71.0 Å². The summed E-state index contributed by atoms with van der Waals surface area (Å²) in [6, 6.07) is -0.804. The summed E-state index contributed by atoms with van der Waals surface area (Å²) in [4.78, 5) is 10.4. The first-order chi connectivity index (χ1) is 5.70. The van der Waals surface area contributed by atoms with Gasteiger partial charge in [0.2, 0.25) is 0 Å². The Balaban J connectivity index is 2.30. The van der Waals surface area contributed by atoms with Gasteiger partial charge >= 0.3 is 5.97 Å². The van der Waals surface area contributed by atoms with E-state index in [1.807, 2.05) is 12.2 Å². The van der Waals surface area contributed by atoms with Gasteiger partial charge in [-0.25, -0.2) is 0 Å². The summed E-state index contributed by atoms with van der Waals surface area (Å²) in [5.41, 5.74) is 5.34. The third-order valence-corrected chi connectivity index (χ3v) is 1.83. The maximum atomic E-state index is 10.4. The normalized spacial score (nSPS) is 25.2. The quantitative estimate of drug-likeness (QED) is 0.592. The fourth-order valence-electron chi connectivity index (χ4n) is 1.12. The second-order valence-corrected chi connectivity index (χ2v) is 2.84. The molecule has 1 aliphatic heterocycles. The molecule has 1 unspecified atom stereocenters. The van der Waals surface area contributed by atoms with Gasteiger partial charge < -0.3 is 15.6 Å². The summed E-state index contributed by atoms with van der Waals surface area (Å²) in [6.07, 6.45) is 5.03. The van der Waals surface area contributed by atoms with E-state index in [-0.39, 0.29) is 6.10 Å². The van der Waals surface area contributed by atoms with E-state index in [4.69, 9.17) is 15.6 Å². The van der Waals surface area contributed by atoms with Crippen LogP contribution in [0.1, 0.15) is 12.8 Å². The Hall–Kier alpha value is -0.870. The van der Waals surface area contributed by atoms with Crippen molar-refractivity contribution in [2.75, 3.05) is 6.61 Å². The van der Waals surface area contributed by atoms with Crippen molar-refractivity contribution in [1.82, 2.24) is 0 Å². The van der Waals surface area contributed by atoms with E-state index in [0.29, 0.717) is 13.0 Å². The number of carboxylic acid groups (broad SMARTS) is 1. The summed E-state index contributed by atoms with van der Waals surface area (Å²) in [5.74, 6) is -0.965. The molecule has 0 fully saturated rings. The minimum absolute atomic E-state index is 0.0268. The zero-order valence-electron chi connectivity index (χ0n) is 6.77. The average molecular weight is 171 g/mol. The number of hydrogen-bond acceptors (Lipinski definition) is 3. The van der Waals surface area contributed by atoms with Crippen molar-refractivity contribution in [2.24, 2.45) is 5.73 Å². The fraction of sp³-hybridized carbons (Fsp3) is 0.625. The minimum atomic E-state index is -0.965. The van der Waals surface area contributed by atoms with Crippen molar-refractivity contribution >= 4 is 5.97 Å². The van der Waals surface area contributed by atoms with E-state index in [2.05, 4.69) is 0 Å². The first-order valence-corrected chi connectivity index (χ1v) is 3.95. The molecule has 1 rings (SSSR count). The van der Waals surface area contributed by atoms with Gasteiger partial charge in [0, 0.05) is 0 Å². The number of rotatable bonds is 3. The van der Waals surface area contributed by atoms with Crippen molar-refractivity contribution in [2.45, 2.75) is 25.0 Å². The molecule has 0 radical (unpaired) electrons. The van der Waals surface area contributed by atoms with Gasteiger partial charge in [0.25, 0.3) is 0 Å². The summed E-state index contributed by atoms with van der Waals surface area (Å²) in [5, 5.41) is 8.51. The first-order valence-electron chi connectivity index (χ1n) is 3.95. The van der Waals surface area contributed by atoms with Crippen LogP contribution >= 0.6 is 0 Å². The molecule has 0 saturated carbocycles. The number of carbonyl (C=O) groups is 1. The van der Waals surface area contributed by atoms with Gasteiger partial charge in [-0.05, 0) is 12.8 Å². The predicted octanol–water partition coefficient (Wildman–Crippen LogP) is 0.133. The van der Waals surface area contributed by atoms with E-state index in [1.165, 1.54) is 0 Å². The summed E-state index contributed by atoms with van der Waals surface area (Å²) >= 11 is 0. The highest BCUT2D eigenvalue weighted by atomic mass is 16.5. The smallest absolute Gasteiger partial charge is 0.320 e. The zero-order chi connectivity index (χ0) is 8.97. The molecule has 0 aromatic rings. The molecule has 0 aromatic carbocycles. The highest BCUT2D eigenvalue weighted by Gasteiger charge is 2.19. The Morgan fingerprint density at radius 3 is 3.00 bits per heavy atom. The topological polar surface area (TPSA) is 72.5 Å². The van der Waals surface area contributed by atoms with Gasteiger partial charge in [-0.1, -0.05) is 12.2 Å². The first kappa shape index (κ1) is 9.22. The van der Waals surface area contributed by atoms with Crippen LogP contribution in [0.15, 0.2) is 12.2 Å². The summed E-state index contributed by atoms with van der Waals surface area (Å²) in [7, 11) is 0. The fourth-order valence-corrected chi connectivity index (χ4v) is 1.12. The van der Waals surface area contributed by atoms with Crippen molar-refractivity contribution in [3.05, 3.63) is 12.2 Å². The summed E-state index contributed by atoms with van der Waals surface area (Å²) in [6.45, 7) is 0.566. The van der Waals surface area contributed by atoms with Crippen LogP contribution in [0.2, 0.25) is 0 Å². The molecule has 0 amide bonds. The number of aliphatic carboxylic acids is 1. The van der Waals surface area contributed by atoms with Crippen LogP contribution in [-0.2, 0) is 9.53 Å². The molecule has 2 atom stereocenters. The van der Waals surface area contributed by atoms with Gasteiger partial charge in [-0.2, -0.15) is 0 Å². The molecule has 0 bridgehead atoms. The Bertz CT molecular complexity index is 191. The van der Waals surface area contributed by atoms with Gasteiger partial charge in [0.05, 0.1) is 12.7 Å². The van der Waals surface area contributed by atoms with E-state index in [0.717, 1.165) is 6.42 Å². The van der Waals surface area contributed by atoms with E-state index < -0.39 is 12.0 Å². The molecule has 68 valence electrons. The van der Waals surface area contributed by atoms with Crippen molar-refractivity contribution < 1.29 is 14.6 Å². The van der Waals surface area contributed by atoms with Crippen LogP contribution in [0.3, 0.4) is 0 Å². The molecular weight excluding hydrogens is 158 g/mol. The maximum absolute atomic E-state index is 10.4. The number of nitrogens with two attached hydrogens (primary N) is 1. The Morgan fingerprint density at radius 2 is 2.50 bits per heavy atom. The van der Waals surface area contributed by atoms with Gasteiger partial charge in [-0.3, -0.25) is 4.79 Å². The zero-order valence-corrected chi connectivity index (χ0v) is 6.77. The lowest BCUT2D eigenvalue weighted by Crippen LogP contribution is -2.35. The number of ether oxygens (including phenoxy) is 1. The Morgan fingerprint density at radius 1 is 1.75 bits per heavy atom. The van der Waals surface area contributed by atoms with E-state index in [9.17, 15) is 4.79 Å². The molecular formula is C8H13NO3. The van der Waals surface area contributed by atoms with Crippen molar-refractivity contribution in [1.29, 1.82) is 0 Å². The van der Waals surface area contributed by atoms with Crippen LogP contribution in [0, 0.1) is 0 Å². The van der Waals surface area contributed by atoms with Crippen LogP contribution < -0.4 is 5.73 Å². The minimum Gasteiger partial charge on any atom is -0.480 e. The Kier molecular flexibility index (Phi) is 3.25. The highest BCUT2D eigenvalue weighted by molar-refractivity contribution is 5.73. The second kappa shape index (κ2) is 4.23. The molecule has 1 heterocycles. The molecule has 1 aliphatic rings. The van der Waals surface area contributed by atoms with Crippen molar-refractivity contribution in [3.8, 4) is 0 Å². The van der Waals surface area contributed by atoms with Crippen LogP contribution in [0.4, 0.5) is 0 Å². The van der Waals surface area contributed by atoms with E-state index >= 15 is 0 Å².